The van der Waals surface area contributed by atoms with Crippen molar-refractivity contribution >= 4 is 17.2 Å². The van der Waals surface area contributed by atoms with Crippen LogP contribution in [-0.4, -0.2) is 23.9 Å². The molecule has 3 aromatic rings. The minimum absolute atomic E-state index is 0.0111. The number of nitrogens with zero attached hydrogens (tertiary/aromatic N) is 1. The van der Waals surface area contributed by atoms with Gasteiger partial charge in [-0.1, -0.05) is 66.7 Å². The van der Waals surface area contributed by atoms with E-state index < -0.39 is 0 Å². The van der Waals surface area contributed by atoms with Gasteiger partial charge in [0.15, 0.2) is 0 Å². The van der Waals surface area contributed by atoms with Gasteiger partial charge in [-0.25, -0.2) is 0 Å². The van der Waals surface area contributed by atoms with Gasteiger partial charge in [-0.15, -0.1) is 11.3 Å². The molecule has 3 nitrogen and oxygen atoms in total. The lowest BCUT2D eigenvalue weighted by Crippen LogP contribution is -2.41. The van der Waals surface area contributed by atoms with Crippen molar-refractivity contribution in [3.8, 4) is 0 Å². The van der Waals surface area contributed by atoms with Crippen LogP contribution in [0.1, 0.15) is 40.9 Å². The van der Waals surface area contributed by atoms with Gasteiger partial charge in [-0.05, 0) is 35.4 Å². The summed E-state index contributed by atoms with van der Waals surface area (Å²) in [5, 5.41) is 5.78. The molecule has 0 radical (unpaired) electrons. The predicted molar refractivity (Wildman–Crippen MR) is 111 cm³/mol. The Balaban J connectivity index is 1.69. The van der Waals surface area contributed by atoms with Gasteiger partial charge < -0.3 is 4.90 Å². The molecular weight excluding hydrogens is 352 g/mol. The summed E-state index contributed by atoms with van der Waals surface area (Å²) in [7, 11) is 0. The highest BCUT2D eigenvalue weighted by molar-refractivity contribution is 7.10. The average Bonchev–Trinajstić information content (AvgIpc) is 3.44. The van der Waals surface area contributed by atoms with Crippen molar-refractivity contribution in [2.45, 2.75) is 24.9 Å². The smallest absolute Gasteiger partial charge is 0.244 e. The van der Waals surface area contributed by atoms with Crippen molar-refractivity contribution in [3.63, 3.8) is 0 Å². The van der Waals surface area contributed by atoms with E-state index in [1.54, 1.807) is 11.3 Å². The normalized spacial score (nSPS) is 16.2. The highest BCUT2D eigenvalue weighted by Gasteiger charge is 2.30. The fourth-order valence-electron chi connectivity index (χ4n) is 3.69. The summed E-state index contributed by atoms with van der Waals surface area (Å²) in [6.45, 7) is 1.72. The number of nitrogens with one attached hydrogen (secondary N) is 1. The van der Waals surface area contributed by atoms with Crippen LogP contribution >= 0.6 is 11.3 Å². The van der Waals surface area contributed by atoms with Crippen molar-refractivity contribution in [1.29, 1.82) is 0 Å². The van der Waals surface area contributed by atoms with Gasteiger partial charge in [0.05, 0.1) is 6.04 Å². The summed E-state index contributed by atoms with van der Waals surface area (Å²) >= 11 is 1.72. The maximum atomic E-state index is 13.3. The molecule has 2 heterocycles. The summed E-state index contributed by atoms with van der Waals surface area (Å²) in [4.78, 5) is 16.6. The molecule has 1 fully saturated rings. The number of carbonyl (C=O) groups excluding carboxylic acids is 1. The van der Waals surface area contributed by atoms with Gasteiger partial charge in [-0.2, -0.15) is 0 Å². The Morgan fingerprint density at radius 2 is 1.48 bits per heavy atom. The number of carbonyl (C=O) groups is 1. The molecule has 1 aliphatic rings. The van der Waals surface area contributed by atoms with Gasteiger partial charge in [0.2, 0.25) is 5.91 Å². The Morgan fingerprint density at radius 3 is 2.07 bits per heavy atom. The highest BCUT2D eigenvalue weighted by Crippen LogP contribution is 2.30. The molecule has 1 saturated heterocycles. The molecule has 2 aromatic carbocycles. The molecule has 27 heavy (non-hydrogen) atoms. The van der Waals surface area contributed by atoms with E-state index in [2.05, 4.69) is 47.1 Å². The van der Waals surface area contributed by atoms with Gasteiger partial charge in [0, 0.05) is 18.0 Å². The topological polar surface area (TPSA) is 32.3 Å². The summed E-state index contributed by atoms with van der Waals surface area (Å²) in [6.07, 6.45) is 2.20. The van der Waals surface area contributed by atoms with E-state index in [4.69, 9.17) is 0 Å². The van der Waals surface area contributed by atoms with Crippen LogP contribution in [0.2, 0.25) is 0 Å². The Labute approximate surface area is 164 Å². The van der Waals surface area contributed by atoms with E-state index in [1.165, 1.54) is 10.4 Å². The Morgan fingerprint density at radius 1 is 0.852 bits per heavy atom. The SMILES string of the molecule is O=C([C@H](N[C@H](c1ccccc1)c1cccs1)c1ccccc1)N1CCCC1. The van der Waals surface area contributed by atoms with Crippen molar-refractivity contribution in [2.24, 2.45) is 0 Å². The number of amides is 1. The first-order valence-electron chi connectivity index (χ1n) is 9.51. The van der Waals surface area contributed by atoms with Crippen LogP contribution in [0.25, 0.3) is 0 Å². The lowest BCUT2D eigenvalue weighted by atomic mass is 10.00. The number of likely N-dealkylation sites (tertiary alicyclic amines) is 1. The van der Waals surface area contributed by atoms with E-state index in [-0.39, 0.29) is 18.0 Å². The molecule has 0 saturated carbocycles. The quantitative estimate of drug-likeness (QED) is 0.671. The highest BCUT2D eigenvalue weighted by atomic mass is 32.1. The fourth-order valence-corrected chi connectivity index (χ4v) is 4.50. The lowest BCUT2D eigenvalue weighted by Gasteiger charge is -2.28. The van der Waals surface area contributed by atoms with Crippen molar-refractivity contribution in [1.82, 2.24) is 10.2 Å². The number of rotatable bonds is 6. The molecular formula is C23H24N2OS. The molecule has 1 aromatic heterocycles. The summed E-state index contributed by atoms with van der Waals surface area (Å²) in [5.41, 5.74) is 2.20. The first kappa shape index (κ1) is 18.0. The van der Waals surface area contributed by atoms with Crippen LogP contribution < -0.4 is 5.32 Å². The Hall–Kier alpha value is -2.43. The van der Waals surface area contributed by atoms with Gasteiger partial charge in [-0.3, -0.25) is 10.1 Å². The minimum Gasteiger partial charge on any atom is -0.341 e. The van der Waals surface area contributed by atoms with Crippen LogP contribution in [0.15, 0.2) is 78.2 Å². The van der Waals surface area contributed by atoms with Gasteiger partial charge >= 0.3 is 0 Å². The van der Waals surface area contributed by atoms with Crippen LogP contribution in [0.5, 0.6) is 0 Å². The van der Waals surface area contributed by atoms with Crippen molar-refractivity contribution in [2.75, 3.05) is 13.1 Å². The van der Waals surface area contributed by atoms with Gasteiger partial charge in [0.1, 0.15) is 6.04 Å². The maximum Gasteiger partial charge on any atom is 0.244 e. The zero-order valence-electron chi connectivity index (χ0n) is 15.3. The molecule has 1 N–H and O–H groups in total. The Bertz CT molecular complexity index is 843. The second-order valence-electron chi connectivity index (χ2n) is 6.90. The monoisotopic (exact) mass is 376 g/mol. The first-order chi connectivity index (χ1) is 13.3. The van der Waals surface area contributed by atoms with E-state index in [9.17, 15) is 4.79 Å². The minimum atomic E-state index is -0.350. The fraction of sp³-hybridized carbons (Fsp3) is 0.261. The van der Waals surface area contributed by atoms with E-state index in [1.807, 2.05) is 41.3 Å². The van der Waals surface area contributed by atoms with Gasteiger partial charge in [0.25, 0.3) is 0 Å². The maximum absolute atomic E-state index is 13.3. The molecule has 1 aliphatic heterocycles. The number of thiophene rings is 1. The second-order valence-corrected chi connectivity index (χ2v) is 7.88. The largest absolute Gasteiger partial charge is 0.341 e. The summed E-state index contributed by atoms with van der Waals surface area (Å²) in [5.74, 6) is 0.177. The first-order valence-corrected chi connectivity index (χ1v) is 10.4. The third kappa shape index (κ3) is 4.12. The molecule has 0 aliphatic carbocycles. The van der Waals surface area contributed by atoms with Crippen LogP contribution in [0.4, 0.5) is 0 Å². The number of hydrogen-bond acceptors (Lipinski definition) is 3. The number of hydrogen-bond donors (Lipinski definition) is 1. The van der Waals surface area contributed by atoms with Crippen LogP contribution in [-0.2, 0) is 4.79 Å². The predicted octanol–water partition coefficient (Wildman–Crippen LogP) is 4.79. The van der Waals surface area contributed by atoms with E-state index >= 15 is 0 Å². The molecule has 138 valence electrons. The van der Waals surface area contributed by atoms with Crippen LogP contribution in [0, 0.1) is 0 Å². The summed E-state index contributed by atoms with van der Waals surface area (Å²) in [6, 6.07) is 24.3. The molecule has 4 rings (SSSR count). The van der Waals surface area contributed by atoms with Crippen molar-refractivity contribution < 1.29 is 4.79 Å². The molecule has 2 atom stereocenters. The van der Waals surface area contributed by atoms with Crippen molar-refractivity contribution in [3.05, 3.63) is 94.2 Å². The third-order valence-electron chi connectivity index (χ3n) is 5.09. The average molecular weight is 377 g/mol. The lowest BCUT2D eigenvalue weighted by molar-refractivity contribution is -0.132. The van der Waals surface area contributed by atoms with E-state index in [0.29, 0.717) is 0 Å². The molecule has 0 unspecified atom stereocenters. The summed E-state index contributed by atoms with van der Waals surface area (Å²) < 4.78 is 0. The third-order valence-corrected chi connectivity index (χ3v) is 6.03. The van der Waals surface area contributed by atoms with Crippen LogP contribution in [0.3, 0.4) is 0 Å². The Kier molecular flexibility index (Phi) is 5.66. The van der Waals surface area contributed by atoms with E-state index in [0.717, 1.165) is 31.5 Å². The zero-order chi connectivity index (χ0) is 18.5. The molecule has 4 heteroatoms. The second kappa shape index (κ2) is 8.51. The molecule has 0 bridgehead atoms. The standard InChI is InChI=1S/C23H24N2OS/c26-23(25-15-7-8-16-25)22(19-12-5-2-6-13-19)24-21(20-14-9-17-27-20)18-10-3-1-4-11-18/h1-6,9-14,17,21-22,24H,7-8,15-16H2/t21-,22-/m1/s1. The number of benzene rings is 2. The zero-order valence-corrected chi connectivity index (χ0v) is 16.1. The molecule has 0 spiro atoms. The molecule has 1 amide bonds.